The van der Waals surface area contributed by atoms with Crippen LogP contribution in [0.3, 0.4) is 0 Å². The Morgan fingerprint density at radius 2 is 1.84 bits per heavy atom. The maximum absolute atomic E-state index is 13.1. The van der Waals surface area contributed by atoms with Crippen molar-refractivity contribution in [1.82, 2.24) is 4.90 Å². The molecule has 3 aromatic carbocycles. The van der Waals surface area contributed by atoms with Crippen LogP contribution in [0, 0.1) is 13.8 Å². The van der Waals surface area contributed by atoms with Crippen molar-refractivity contribution in [2.24, 2.45) is 0 Å². The standard InChI is InChI=1S/C29H27BrN2O5S/c1-4-36-24-14-20(13-23(30)27(24)37-17-26(33)31-22-11-7-8-18(2)12-22)15-25-28(34)32(29(35)38-25)16-21-10-6-5-9-19(21)3/h5-15H,4,16-17H2,1-3H3,(H,31,33)/b25-15-. The smallest absolute Gasteiger partial charge is 0.293 e. The van der Waals surface area contributed by atoms with Gasteiger partial charge in [-0.3, -0.25) is 19.3 Å². The van der Waals surface area contributed by atoms with Gasteiger partial charge in [0.05, 0.1) is 22.5 Å². The summed E-state index contributed by atoms with van der Waals surface area (Å²) in [7, 11) is 0. The summed E-state index contributed by atoms with van der Waals surface area (Å²) in [4.78, 5) is 39.7. The molecule has 3 amide bonds. The van der Waals surface area contributed by atoms with Crippen molar-refractivity contribution >= 4 is 56.5 Å². The molecule has 9 heteroatoms. The first-order valence-electron chi connectivity index (χ1n) is 12.0. The molecule has 0 radical (unpaired) electrons. The number of hydrogen-bond acceptors (Lipinski definition) is 6. The maximum atomic E-state index is 13.1. The Balaban J connectivity index is 1.50. The van der Waals surface area contributed by atoms with E-state index >= 15 is 0 Å². The number of halogens is 1. The molecule has 0 saturated carbocycles. The lowest BCUT2D eigenvalue weighted by Gasteiger charge is -2.15. The predicted octanol–water partition coefficient (Wildman–Crippen LogP) is 6.72. The molecule has 0 unspecified atom stereocenters. The van der Waals surface area contributed by atoms with Gasteiger partial charge in [-0.05, 0) is 101 Å². The second-order valence-corrected chi connectivity index (χ2v) is 10.5. The molecule has 3 aromatic rings. The number of imide groups is 1. The minimum atomic E-state index is -0.342. The maximum Gasteiger partial charge on any atom is 0.293 e. The van der Waals surface area contributed by atoms with Crippen LogP contribution in [0.5, 0.6) is 11.5 Å². The highest BCUT2D eigenvalue weighted by Gasteiger charge is 2.35. The van der Waals surface area contributed by atoms with Gasteiger partial charge in [0.2, 0.25) is 0 Å². The van der Waals surface area contributed by atoms with E-state index in [0.29, 0.717) is 38.7 Å². The van der Waals surface area contributed by atoms with Crippen LogP contribution in [-0.2, 0) is 16.1 Å². The molecule has 1 saturated heterocycles. The number of nitrogens with one attached hydrogen (secondary N) is 1. The number of thioether (sulfide) groups is 1. The minimum absolute atomic E-state index is 0.218. The quantitative estimate of drug-likeness (QED) is 0.277. The third-order valence-corrected chi connectivity index (χ3v) is 7.24. The van der Waals surface area contributed by atoms with E-state index in [1.165, 1.54) is 4.90 Å². The molecule has 1 aliphatic rings. The molecule has 1 N–H and O–H groups in total. The molecule has 0 bridgehead atoms. The Hall–Kier alpha value is -3.56. The van der Waals surface area contributed by atoms with Gasteiger partial charge < -0.3 is 14.8 Å². The van der Waals surface area contributed by atoms with Gasteiger partial charge in [0.25, 0.3) is 17.1 Å². The number of carbonyl (C=O) groups is 3. The average Bonchev–Trinajstić information content (AvgIpc) is 3.12. The number of benzene rings is 3. The zero-order valence-electron chi connectivity index (χ0n) is 21.2. The van der Waals surface area contributed by atoms with Gasteiger partial charge in [0.1, 0.15) is 0 Å². The van der Waals surface area contributed by atoms with Gasteiger partial charge >= 0.3 is 0 Å². The summed E-state index contributed by atoms with van der Waals surface area (Å²) in [6.07, 6.45) is 1.66. The molecule has 196 valence electrons. The van der Waals surface area contributed by atoms with Crippen LogP contribution in [0.15, 0.2) is 70.0 Å². The highest BCUT2D eigenvalue weighted by Crippen LogP contribution is 2.39. The number of ether oxygens (including phenoxy) is 2. The number of amides is 3. The Bertz CT molecular complexity index is 1420. The zero-order valence-corrected chi connectivity index (χ0v) is 23.6. The Morgan fingerprint density at radius 3 is 2.58 bits per heavy atom. The molecule has 1 fully saturated rings. The van der Waals surface area contributed by atoms with Gasteiger partial charge in [-0.25, -0.2) is 0 Å². The number of carbonyl (C=O) groups excluding carboxylic acids is 3. The van der Waals surface area contributed by atoms with Crippen LogP contribution >= 0.6 is 27.7 Å². The lowest BCUT2D eigenvalue weighted by atomic mass is 10.1. The summed E-state index contributed by atoms with van der Waals surface area (Å²) in [5, 5.41) is 2.50. The first kappa shape index (κ1) is 27.5. The fourth-order valence-corrected chi connectivity index (χ4v) is 5.29. The van der Waals surface area contributed by atoms with E-state index in [4.69, 9.17) is 9.47 Å². The van der Waals surface area contributed by atoms with Gasteiger partial charge in [-0.1, -0.05) is 36.4 Å². The van der Waals surface area contributed by atoms with Crippen LogP contribution < -0.4 is 14.8 Å². The third-order valence-electron chi connectivity index (χ3n) is 5.74. The fourth-order valence-electron chi connectivity index (χ4n) is 3.88. The SMILES string of the molecule is CCOc1cc(/C=C2\SC(=O)N(Cc3ccccc3C)C2=O)cc(Br)c1OCC(=O)Nc1cccc(C)c1. The van der Waals surface area contributed by atoms with E-state index < -0.39 is 0 Å². The topological polar surface area (TPSA) is 84.9 Å². The summed E-state index contributed by atoms with van der Waals surface area (Å²) in [5.74, 6) is 0.133. The number of aryl methyl sites for hydroxylation is 2. The van der Waals surface area contributed by atoms with E-state index in [0.717, 1.165) is 28.5 Å². The summed E-state index contributed by atoms with van der Waals surface area (Å²) in [5.41, 5.74) is 4.32. The van der Waals surface area contributed by atoms with Crippen LogP contribution in [0.1, 0.15) is 29.2 Å². The fraction of sp³-hybridized carbons (Fsp3) is 0.207. The van der Waals surface area contributed by atoms with Crippen LogP contribution in [0.4, 0.5) is 10.5 Å². The largest absolute Gasteiger partial charge is 0.490 e. The molecular formula is C29H27BrN2O5S. The molecule has 0 spiro atoms. The van der Waals surface area contributed by atoms with Crippen LogP contribution in [-0.4, -0.2) is 35.2 Å². The molecular weight excluding hydrogens is 568 g/mol. The normalized spacial score (nSPS) is 14.2. The Labute approximate surface area is 234 Å². The lowest BCUT2D eigenvalue weighted by molar-refractivity contribution is -0.123. The molecule has 1 heterocycles. The van der Waals surface area contributed by atoms with Gasteiger partial charge in [-0.2, -0.15) is 0 Å². The second kappa shape index (κ2) is 12.3. The number of rotatable bonds is 9. The van der Waals surface area contributed by atoms with Crippen molar-refractivity contribution in [1.29, 1.82) is 0 Å². The molecule has 1 aliphatic heterocycles. The first-order chi connectivity index (χ1) is 18.2. The Kier molecular flexibility index (Phi) is 8.91. The number of hydrogen-bond donors (Lipinski definition) is 1. The van der Waals surface area contributed by atoms with Crippen molar-refractivity contribution in [3.8, 4) is 11.5 Å². The number of anilines is 1. The monoisotopic (exact) mass is 594 g/mol. The van der Waals surface area contributed by atoms with E-state index in [9.17, 15) is 14.4 Å². The second-order valence-electron chi connectivity index (χ2n) is 8.66. The van der Waals surface area contributed by atoms with E-state index in [-0.39, 0.29) is 30.2 Å². The highest BCUT2D eigenvalue weighted by atomic mass is 79.9. The van der Waals surface area contributed by atoms with Crippen LogP contribution in [0.25, 0.3) is 6.08 Å². The zero-order chi connectivity index (χ0) is 27.2. The lowest BCUT2D eigenvalue weighted by Crippen LogP contribution is -2.27. The van der Waals surface area contributed by atoms with Crippen molar-refractivity contribution in [3.63, 3.8) is 0 Å². The molecule has 4 rings (SSSR count). The van der Waals surface area contributed by atoms with Crippen LogP contribution in [0.2, 0.25) is 0 Å². The molecule has 38 heavy (non-hydrogen) atoms. The number of nitrogens with zero attached hydrogens (tertiary/aromatic N) is 1. The summed E-state index contributed by atoms with van der Waals surface area (Å²) < 4.78 is 12.1. The molecule has 7 nitrogen and oxygen atoms in total. The average molecular weight is 596 g/mol. The van der Waals surface area contributed by atoms with Crippen molar-refractivity contribution in [2.45, 2.75) is 27.3 Å². The Morgan fingerprint density at radius 1 is 1.05 bits per heavy atom. The minimum Gasteiger partial charge on any atom is -0.490 e. The summed E-state index contributed by atoms with van der Waals surface area (Å²) in [6, 6.07) is 18.6. The van der Waals surface area contributed by atoms with Gasteiger partial charge in [-0.15, -0.1) is 0 Å². The van der Waals surface area contributed by atoms with E-state index in [1.54, 1.807) is 18.2 Å². The van der Waals surface area contributed by atoms with Crippen molar-refractivity contribution in [2.75, 3.05) is 18.5 Å². The summed E-state index contributed by atoms with van der Waals surface area (Å²) in [6.45, 7) is 6.11. The third kappa shape index (κ3) is 6.65. The molecule has 0 aromatic heterocycles. The first-order valence-corrected chi connectivity index (χ1v) is 13.6. The van der Waals surface area contributed by atoms with E-state index in [2.05, 4.69) is 21.2 Å². The van der Waals surface area contributed by atoms with Gasteiger partial charge in [0.15, 0.2) is 18.1 Å². The van der Waals surface area contributed by atoms with E-state index in [1.807, 2.05) is 69.3 Å². The van der Waals surface area contributed by atoms with Gasteiger partial charge in [0, 0.05) is 5.69 Å². The van der Waals surface area contributed by atoms with Crippen molar-refractivity contribution in [3.05, 3.63) is 92.3 Å². The molecule has 0 aliphatic carbocycles. The summed E-state index contributed by atoms with van der Waals surface area (Å²) >= 11 is 4.41. The molecule has 0 atom stereocenters. The predicted molar refractivity (Wildman–Crippen MR) is 153 cm³/mol. The van der Waals surface area contributed by atoms with Crippen molar-refractivity contribution < 1.29 is 23.9 Å². The highest BCUT2D eigenvalue weighted by molar-refractivity contribution is 9.10.